The molecular weight excluding hydrogens is 484 g/mol. The second-order valence-electron chi connectivity index (χ2n) is 9.52. The zero-order chi connectivity index (χ0) is 25.8. The minimum Gasteiger partial charge on any atom is -0.334 e. The summed E-state index contributed by atoms with van der Waals surface area (Å²) in [6, 6.07) is 23.3. The maximum Gasteiger partial charge on any atom is 0.319 e. The predicted molar refractivity (Wildman–Crippen MR) is 147 cm³/mol. The highest BCUT2D eigenvalue weighted by molar-refractivity contribution is 7.98. The molecule has 8 heteroatoms. The zero-order valence-electron chi connectivity index (χ0n) is 21.0. The lowest BCUT2D eigenvalue weighted by atomic mass is 9.99. The van der Waals surface area contributed by atoms with Crippen LogP contribution in [0.4, 0.5) is 4.79 Å². The van der Waals surface area contributed by atoms with Crippen LogP contribution in [0.2, 0.25) is 0 Å². The van der Waals surface area contributed by atoms with E-state index in [1.165, 1.54) is 0 Å². The van der Waals surface area contributed by atoms with Crippen LogP contribution in [0.5, 0.6) is 0 Å². The van der Waals surface area contributed by atoms with Gasteiger partial charge in [0.25, 0.3) is 0 Å². The molecule has 0 aromatic heterocycles. The summed E-state index contributed by atoms with van der Waals surface area (Å²) in [4.78, 5) is 45.5. The van der Waals surface area contributed by atoms with Crippen molar-refractivity contribution in [1.82, 2.24) is 20.0 Å². The van der Waals surface area contributed by atoms with Gasteiger partial charge in [-0.3, -0.25) is 9.59 Å². The molecule has 2 heterocycles. The Hall–Kier alpha value is -3.52. The molecule has 5 rings (SSSR count). The summed E-state index contributed by atoms with van der Waals surface area (Å²) < 4.78 is 0. The molecule has 0 bridgehead atoms. The first-order valence-corrected chi connectivity index (χ1v) is 14.1. The van der Waals surface area contributed by atoms with Crippen molar-refractivity contribution in [3.05, 3.63) is 83.9 Å². The molecule has 1 N–H and O–H groups in total. The van der Waals surface area contributed by atoms with E-state index in [-0.39, 0.29) is 24.3 Å². The van der Waals surface area contributed by atoms with Gasteiger partial charge in [0.05, 0.1) is 6.54 Å². The fourth-order valence-corrected chi connectivity index (χ4v) is 5.84. The number of carbonyl (C=O) groups is 3. The number of nitrogens with one attached hydrogen (secondary N) is 1. The van der Waals surface area contributed by atoms with Gasteiger partial charge >= 0.3 is 6.03 Å². The number of fused-ring (bicyclic) bond motifs is 2. The van der Waals surface area contributed by atoms with Crippen molar-refractivity contribution in [2.45, 2.75) is 38.1 Å². The Morgan fingerprint density at radius 3 is 2.57 bits per heavy atom. The number of amides is 4. The SMILES string of the molecule is CSCC[C@H]1C(=O)N(Cc2cccc3ccccc23)C[C@@H]2N(C(=O)NCc3ccccc3)CCC(=O)N21. The van der Waals surface area contributed by atoms with Gasteiger partial charge in [0.2, 0.25) is 11.8 Å². The molecule has 37 heavy (non-hydrogen) atoms. The number of carbonyl (C=O) groups excluding carboxylic acids is 3. The minimum absolute atomic E-state index is 0.0434. The van der Waals surface area contributed by atoms with Crippen LogP contribution in [0.3, 0.4) is 0 Å². The van der Waals surface area contributed by atoms with Crippen LogP contribution in [-0.2, 0) is 22.7 Å². The third-order valence-electron chi connectivity index (χ3n) is 7.24. The van der Waals surface area contributed by atoms with Crippen LogP contribution in [-0.4, -0.2) is 69.9 Å². The summed E-state index contributed by atoms with van der Waals surface area (Å²) in [5.41, 5.74) is 2.07. The summed E-state index contributed by atoms with van der Waals surface area (Å²) >= 11 is 1.66. The molecule has 192 valence electrons. The lowest BCUT2D eigenvalue weighted by Crippen LogP contribution is -2.71. The van der Waals surface area contributed by atoms with Crippen molar-refractivity contribution >= 4 is 40.4 Å². The zero-order valence-corrected chi connectivity index (χ0v) is 21.8. The normalized spacial score (nSPS) is 19.8. The number of hydrogen-bond donors (Lipinski definition) is 1. The van der Waals surface area contributed by atoms with Gasteiger partial charge in [-0.05, 0) is 40.3 Å². The molecule has 2 atom stereocenters. The fraction of sp³-hybridized carbons (Fsp3) is 0.345. The number of urea groups is 1. The van der Waals surface area contributed by atoms with Crippen molar-refractivity contribution < 1.29 is 14.4 Å². The van der Waals surface area contributed by atoms with E-state index in [0.29, 0.717) is 32.6 Å². The number of piperazine rings is 1. The molecule has 3 aromatic rings. The van der Waals surface area contributed by atoms with E-state index in [0.717, 1.165) is 27.7 Å². The highest BCUT2D eigenvalue weighted by Crippen LogP contribution is 2.30. The lowest BCUT2D eigenvalue weighted by molar-refractivity contribution is -0.167. The molecule has 0 spiro atoms. The van der Waals surface area contributed by atoms with Crippen LogP contribution in [0, 0.1) is 0 Å². The van der Waals surface area contributed by atoms with Crippen molar-refractivity contribution in [3.63, 3.8) is 0 Å². The number of thioether (sulfide) groups is 1. The minimum atomic E-state index is -0.571. The highest BCUT2D eigenvalue weighted by atomic mass is 32.2. The first kappa shape index (κ1) is 25.1. The van der Waals surface area contributed by atoms with Gasteiger partial charge < -0.3 is 20.0 Å². The van der Waals surface area contributed by atoms with Gasteiger partial charge in [0, 0.05) is 26.1 Å². The van der Waals surface area contributed by atoms with E-state index < -0.39 is 12.2 Å². The Labute approximate surface area is 221 Å². The van der Waals surface area contributed by atoms with E-state index in [1.807, 2.05) is 59.7 Å². The molecule has 7 nitrogen and oxygen atoms in total. The van der Waals surface area contributed by atoms with Crippen molar-refractivity contribution in [2.75, 3.05) is 25.1 Å². The molecular formula is C29H32N4O3S. The molecule has 0 aliphatic carbocycles. The monoisotopic (exact) mass is 516 g/mol. The van der Waals surface area contributed by atoms with Crippen LogP contribution in [0.25, 0.3) is 10.8 Å². The predicted octanol–water partition coefficient (Wildman–Crippen LogP) is 4.07. The average Bonchev–Trinajstić information content (AvgIpc) is 2.93. The number of benzene rings is 3. The summed E-state index contributed by atoms with van der Waals surface area (Å²) in [6.07, 6.45) is 2.30. The Morgan fingerprint density at radius 2 is 1.76 bits per heavy atom. The molecule has 0 saturated carbocycles. The summed E-state index contributed by atoms with van der Waals surface area (Å²) in [6.45, 7) is 1.48. The van der Waals surface area contributed by atoms with Crippen molar-refractivity contribution in [3.8, 4) is 0 Å². The molecule has 2 aliphatic rings. The third-order valence-corrected chi connectivity index (χ3v) is 7.88. The van der Waals surface area contributed by atoms with Gasteiger partial charge in [0.1, 0.15) is 12.2 Å². The topological polar surface area (TPSA) is 73.0 Å². The van der Waals surface area contributed by atoms with Crippen LogP contribution in [0.15, 0.2) is 72.8 Å². The van der Waals surface area contributed by atoms with E-state index in [9.17, 15) is 14.4 Å². The summed E-state index contributed by atoms with van der Waals surface area (Å²) in [5, 5.41) is 5.25. The van der Waals surface area contributed by atoms with Crippen LogP contribution < -0.4 is 5.32 Å². The largest absolute Gasteiger partial charge is 0.334 e. The van der Waals surface area contributed by atoms with E-state index >= 15 is 0 Å². The molecule has 2 fully saturated rings. The van der Waals surface area contributed by atoms with Gasteiger partial charge in [-0.1, -0.05) is 72.8 Å². The smallest absolute Gasteiger partial charge is 0.319 e. The highest BCUT2D eigenvalue weighted by Gasteiger charge is 2.48. The van der Waals surface area contributed by atoms with Gasteiger partial charge in [0.15, 0.2) is 0 Å². The molecule has 0 radical (unpaired) electrons. The Kier molecular flexibility index (Phi) is 7.65. The summed E-state index contributed by atoms with van der Waals surface area (Å²) in [5.74, 6) is 0.661. The number of hydrogen-bond acceptors (Lipinski definition) is 4. The molecule has 3 aromatic carbocycles. The lowest BCUT2D eigenvalue weighted by Gasteiger charge is -2.52. The standard InChI is InChI=1S/C29H32N4O3S/c1-37-17-15-25-28(35)31(19-23-12-7-11-22-10-5-6-13-24(22)23)20-26-32(16-14-27(34)33(25)26)29(36)30-18-21-8-3-2-4-9-21/h2-13,25-26H,14-20H2,1H3,(H,30,36)/t25-,26+/m0/s1. The van der Waals surface area contributed by atoms with Gasteiger partial charge in [-0.25, -0.2) is 4.79 Å². The molecule has 2 aliphatic heterocycles. The number of nitrogens with zero attached hydrogens (tertiary/aromatic N) is 3. The Morgan fingerprint density at radius 1 is 1.00 bits per heavy atom. The molecule has 4 amide bonds. The second-order valence-corrected chi connectivity index (χ2v) is 10.5. The molecule has 0 unspecified atom stereocenters. The van der Waals surface area contributed by atoms with Crippen molar-refractivity contribution in [2.24, 2.45) is 0 Å². The average molecular weight is 517 g/mol. The maximum atomic E-state index is 13.8. The number of rotatable bonds is 7. The Balaban J connectivity index is 1.41. The van der Waals surface area contributed by atoms with Gasteiger partial charge in [-0.2, -0.15) is 11.8 Å². The summed E-state index contributed by atoms with van der Waals surface area (Å²) in [7, 11) is 0. The quantitative estimate of drug-likeness (QED) is 0.514. The Bertz CT molecular complexity index is 1280. The van der Waals surface area contributed by atoms with Crippen LogP contribution in [0.1, 0.15) is 24.0 Å². The maximum absolute atomic E-state index is 13.8. The molecule has 2 saturated heterocycles. The van der Waals surface area contributed by atoms with E-state index in [2.05, 4.69) is 29.6 Å². The fourth-order valence-electron chi connectivity index (χ4n) is 5.38. The van der Waals surface area contributed by atoms with E-state index in [4.69, 9.17) is 0 Å². The van der Waals surface area contributed by atoms with Crippen molar-refractivity contribution in [1.29, 1.82) is 0 Å². The first-order chi connectivity index (χ1) is 18.1. The second kappa shape index (κ2) is 11.3. The third kappa shape index (κ3) is 5.30. The van der Waals surface area contributed by atoms with Crippen LogP contribution >= 0.6 is 11.8 Å². The first-order valence-electron chi connectivity index (χ1n) is 12.7. The van der Waals surface area contributed by atoms with E-state index in [1.54, 1.807) is 21.6 Å². The van der Waals surface area contributed by atoms with Gasteiger partial charge in [-0.15, -0.1) is 0 Å².